The molecule has 0 saturated heterocycles. The Bertz CT molecular complexity index is 573. The second-order valence-electron chi connectivity index (χ2n) is 5.02. The Kier molecular flexibility index (Phi) is 4.20. The minimum atomic E-state index is 0.331. The van der Waals surface area contributed by atoms with Gasteiger partial charge in [0.15, 0.2) is 0 Å². The summed E-state index contributed by atoms with van der Waals surface area (Å²) >= 11 is 1.75. The fourth-order valence-electron chi connectivity index (χ4n) is 1.97. The topological polar surface area (TPSA) is 37.8 Å². The standard InChI is InChI=1S/C15H21N3S/c1-6-16-15-11(5)12(13-10(4)7-8-19-13)17-14(18-15)9(2)3/h7-9H,6H2,1-5H3,(H,16,17,18). The number of anilines is 1. The molecule has 0 amide bonds. The van der Waals surface area contributed by atoms with Crippen molar-refractivity contribution in [1.29, 1.82) is 0 Å². The zero-order valence-electron chi connectivity index (χ0n) is 12.2. The number of hydrogen-bond acceptors (Lipinski definition) is 4. The Morgan fingerprint density at radius 3 is 2.53 bits per heavy atom. The number of nitrogens with one attached hydrogen (secondary N) is 1. The molecule has 19 heavy (non-hydrogen) atoms. The molecule has 0 unspecified atom stereocenters. The van der Waals surface area contributed by atoms with Gasteiger partial charge < -0.3 is 5.32 Å². The van der Waals surface area contributed by atoms with E-state index in [1.807, 2.05) is 0 Å². The first-order valence-electron chi connectivity index (χ1n) is 6.71. The predicted molar refractivity (Wildman–Crippen MR) is 83.1 cm³/mol. The normalized spacial score (nSPS) is 11.1. The molecule has 2 rings (SSSR count). The van der Waals surface area contributed by atoms with Gasteiger partial charge in [0, 0.05) is 18.0 Å². The third-order valence-corrected chi connectivity index (χ3v) is 4.12. The summed E-state index contributed by atoms with van der Waals surface area (Å²) in [6.07, 6.45) is 0. The highest BCUT2D eigenvalue weighted by atomic mass is 32.1. The second kappa shape index (κ2) is 5.70. The SMILES string of the molecule is CCNc1nc(C(C)C)nc(-c2sccc2C)c1C. The Balaban J connectivity index is 2.62. The van der Waals surface area contributed by atoms with Crippen LogP contribution in [0.5, 0.6) is 0 Å². The van der Waals surface area contributed by atoms with Crippen LogP contribution in [-0.2, 0) is 0 Å². The van der Waals surface area contributed by atoms with Gasteiger partial charge in [0.2, 0.25) is 0 Å². The molecule has 0 radical (unpaired) electrons. The van der Waals surface area contributed by atoms with Gasteiger partial charge >= 0.3 is 0 Å². The molecule has 0 fully saturated rings. The maximum Gasteiger partial charge on any atom is 0.134 e. The predicted octanol–water partition coefficient (Wildman–Crippen LogP) is 4.38. The molecule has 0 aliphatic rings. The molecular weight excluding hydrogens is 254 g/mol. The molecule has 0 atom stereocenters. The smallest absolute Gasteiger partial charge is 0.134 e. The van der Waals surface area contributed by atoms with E-state index in [4.69, 9.17) is 4.98 Å². The van der Waals surface area contributed by atoms with E-state index < -0.39 is 0 Å². The first-order chi connectivity index (χ1) is 9.04. The van der Waals surface area contributed by atoms with Gasteiger partial charge in [0.1, 0.15) is 11.6 Å². The second-order valence-corrected chi connectivity index (χ2v) is 5.94. The molecule has 0 saturated carbocycles. The number of hydrogen-bond donors (Lipinski definition) is 1. The monoisotopic (exact) mass is 275 g/mol. The molecule has 2 heterocycles. The van der Waals surface area contributed by atoms with Crippen LogP contribution < -0.4 is 5.32 Å². The summed E-state index contributed by atoms with van der Waals surface area (Å²) in [5, 5.41) is 5.47. The van der Waals surface area contributed by atoms with Crippen LogP contribution in [0.2, 0.25) is 0 Å². The van der Waals surface area contributed by atoms with Crippen molar-refractivity contribution in [3.8, 4) is 10.6 Å². The van der Waals surface area contributed by atoms with Gasteiger partial charge in [-0.05, 0) is 37.8 Å². The van der Waals surface area contributed by atoms with Crippen molar-refractivity contribution >= 4 is 17.2 Å². The lowest BCUT2D eigenvalue weighted by molar-refractivity contribution is 0.774. The maximum absolute atomic E-state index is 4.78. The van der Waals surface area contributed by atoms with Crippen LogP contribution in [0, 0.1) is 13.8 Å². The van der Waals surface area contributed by atoms with Crippen LogP contribution in [0.3, 0.4) is 0 Å². The number of rotatable bonds is 4. The quantitative estimate of drug-likeness (QED) is 0.900. The highest BCUT2D eigenvalue weighted by Crippen LogP contribution is 2.33. The molecule has 0 aromatic carbocycles. The van der Waals surface area contributed by atoms with Crippen LogP contribution in [0.25, 0.3) is 10.6 Å². The van der Waals surface area contributed by atoms with Gasteiger partial charge in [-0.15, -0.1) is 11.3 Å². The summed E-state index contributed by atoms with van der Waals surface area (Å²) in [7, 11) is 0. The summed E-state index contributed by atoms with van der Waals surface area (Å²) < 4.78 is 0. The van der Waals surface area contributed by atoms with E-state index >= 15 is 0 Å². The number of thiophene rings is 1. The Labute approximate surface area is 119 Å². The van der Waals surface area contributed by atoms with E-state index in [0.717, 1.165) is 29.4 Å². The first-order valence-corrected chi connectivity index (χ1v) is 7.59. The van der Waals surface area contributed by atoms with E-state index in [2.05, 4.69) is 56.4 Å². The van der Waals surface area contributed by atoms with Gasteiger partial charge in [-0.2, -0.15) is 0 Å². The Morgan fingerprint density at radius 2 is 2.00 bits per heavy atom. The minimum absolute atomic E-state index is 0.331. The van der Waals surface area contributed by atoms with Crippen LogP contribution >= 0.6 is 11.3 Å². The van der Waals surface area contributed by atoms with Crippen molar-refractivity contribution in [3.05, 3.63) is 28.4 Å². The van der Waals surface area contributed by atoms with Crippen LogP contribution in [-0.4, -0.2) is 16.5 Å². The van der Waals surface area contributed by atoms with Crippen molar-refractivity contribution in [2.75, 3.05) is 11.9 Å². The molecule has 4 heteroatoms. The summed E-state index contributed by atoms with van der Waals surface area (Å²) in [5.74, 6) is 2.20. The summed E-state index contributed by atoms with van der Waals surface area (Å²) in [4.78, 5) is 10.7. The van der Waals surface area contributed by atoms with E-state index in [1.165, 1.54) is 10.4 Å². The van der Waals surface area contributed by atoms with Gasteiger partial charge in [-0.3, -0.25) is 0 Å². The molecule has 2 aromatic rings. The molecule has 3 nitrogen and oxygen atoms in total. The molecule has 0 spiro atoms. The molecule has 1 N–H and O–H groups in total. The number of aromatic nitrogens is 2. The van der Waals surface area contributed by atoms with Crippen molar-refractivity contribution < 1.29 is 0 Å². The summed E-state index contributed by atoms with van der Waals surface area (Å²) in [6.45, 7) is 11.5. The van der Waals surface area contributed by atoms with E-state index in [0.29, 0.717) is 5.92 Å². The summed E-state index contributed by atoms with van der Waals surface area (Å²) in [6, 6.07) is 2.14. The molecule has 2 aromatic heterocycles. The molecule has 0 aliphatic heterocycles. The zero-order valence-corrected chi connectivity index (χ0v) is 13.1. The maximum atomic E-state index is 4.78. The highest BCUT2D eigenvalue weighted by Gasteiger charge is 2.16. The van der Waals surface area contributed by atoms with Crippen molar-refractivity contribution in [3.63, 3.8) is 0 Å². The number of aryl methyl sites for hydroxylation is 1. The van der Waals surface area contributed by atoms with E-state index in [-0.39, 0.29) is 0 Å². The van der Waals surface area contributed by atoms with Crippen LogP contribution in [0.15, 0.2) is 11.4 Å². The third kappa shape index (κ3) is 2.78. The Morgan fingerprint density at radius 1 is 1.26 bits per heavy atom. The van der Waals surface area contributed by atoms with Crippen LogP contribution in [0.1, 0.15) is 43.6 Å². The average molecular weight is 275 g/mol. The van der Waals surface area contributed by atoms with Crippen molar-refractivity contribution in [2.24, 2.45) is 0 Å². The summed E-state index contributed by atoms with van der Waals surface area (Å²) in [5.41, 5.74) is 3.49. The lowest BCUT2D eigenvalue weighted by Crippen LogP contribution is -2.08. The zero-order chi connectivity index (χ0) is 14.0. The van der Waals surface area contributed by atoms with Gasteiger partial charge in [-0.25, -0.2) is 9.97 Å². The Hall–Kier alpha value is -1.42. The fraction of sp³-hybridized carbons (Fsp3) is 0.467. The molecule has 0 bridgehead atoms. The van der Waals surface area contributed by atoms with Gasteiger partial charge in [-0.1, -0.05) is 13.8 Å². The lowest BCUT2D eigenvalue weighted by atomic mass is 10.1. The molecule has 0 aliphatic carbocycles. The third-order valence-electron chi connectivity index (χ3n) is 3.10. The number of nitrogens with zero attached hydrogens (tertiary/aromatic N) is 2. The van der Waals surface area contributed by atoms with Crippen LogP contribution in [0.4, 0.5) is 5.82 Å². The van der Waals surface area contributed by atoms with Crippen molar-refractivity contribution in [1.82, 2.24) is 9.97 Å². The first kappa shape index (κ1) is 14.0. The van der Waals surface area contributed by atoms with Crippen molar-refractivity contribution in [2.45, 2.75) is 40.5 Å². The fourth-order valence-corrected chi connectivity index (χ4v) is 2.94. The largest absolute Gasteiger partial charge is 0.370 e. The van der Waals surface area contributed by atoms with E-state index in [1.54, 1.807) is 11.3 Å². The average Bonchev–Trinajstić information content (AvgIpc) is 2.78. The van der Waals surface area contributed by atoms with E-state index in [9.17, 15) is 0 Å². The molecular formula is C15H21N3S. The van der Waals surface area contributed by atoms with Gasteiger partial charge in [0.25, 0.3) is 0 Å². The highest BCUT2D eigenvalue weighted by molar-refractivity contribution is 7.13. The lowest BCUT2D eigenvalue weighted by Gasteiger charge is -2.14. The minimum Gasteiger partial charge on any atom is -0.370 e. The van der Waals surface area contributed by atoms with Gasteiger partial charge in [0.05, 0.1) is 10.6 Å². The molecule has 102 valence electrons.